The Kier molecular flexibility index (Phi) is 13.2. The summed E-state index contributed by atoms with van der Waals surface area (Å²) < 4.78 is 0. The number of carbonyl (C=O) groups is 1. The fourth-order valence-corrected chi connectivity index (χ4v) is 5.71. The molecular formula is C40H54O2. The number of hydrogen-bond acceptors (Lipinski definition) is 2. The maximum absolute atomic E-state index is 12.2. The van der Waals surface area contributed by atoms with Crippen molar-refractivity contribution in [2.24, 2.45) is 10.8 Å². The average Bonchev–Trinajstić information content (AvgIpc) is 2.88. The standard InChI is InChI=1S/C40H54O2/c1-29(18-13-20-31(3)23-25-35-33(5)22-15-27-39(35,7)8)16-11-12-17-30(2)19-14-21-32(4)24-26-36-34(6)38(42)37(41)28-40(36,9)10/h11-14,16-21,23-26,37,41H,15,22,27-28H2,1-10H3/b12-11+,18-13+,19-14+,25-23+,26-24+,29-16+,30-17+,31-20+,32-21+. The molecular weight excluding hydrogens is 512 g/mol. The molecule has 2 heteroatoms. The monoisotopic (exact) mass is 566 g/mol. The third-order valence-corrected chi connectivity index (χ3v) is 8.34. The van der Waals surface area contributed by atoms with Gasteiger partial charge < -0.3 is 5.11 Å². The van der Waals surface area contributed by atoms with Crippen molar-refractivity contribution in [3.05, 3.63) is 130 Å². The molecule has 0 amide bonds. The topological polar surface area (TPSA) is 37.3 Å². The van der Waals surface area contributed by atoms with E-state index in [1.54, 1.807) is 0 Å². The summed E-state index contributed by atoms with van der Waals surface area (Å²) >= 11 is 0. The Morgan fingerprint density at radius 1 is 0.690 bits per heavy atom. The lowest BCUT2D eigenvalue weighted by Crippen LogP contribution is -2.35. The first-order valence-electron chi connectivity index (χ1n) is 15.4. The molecule has 2 nitrogen and oxygen atoms in total. The molecule has 0 radical (unpaired) electrons. The van der Waals surface area contributed by atoms with Gasteiger partial charge in [0.15, 0.2) is 5.78 Å². The maximum atomic E-state index is 12.2. The molecule has 0 bridgehead atoms. The maximum Gasteiger partial charge on any atom is 0.187 e. The molecule has 226 valence electrons. The Morgan fingerprint density at radius 2 is 1.14 bits per heavy atom. The minimum atomic E-state index is -0.892. The lowest BCUT2D eigenvalue weighted by Gasteiger charge is -2.34. The molecule has 0 saturated heterocycles. The Bertz CT molecular complexity index is 1330. The highest BCUT2D eigenvalue weighted by atomic mass is 16.3. The first-order chi connectivity index (χ1) is 19.6. The number of allylic oxidation sites excluding steroid dienone is 21. The number of ketones is 1. The predicted octanol–water partition coefficient (Wildman–Crippen LogP) is 10.8. The van der Waals surface area contributed by atoms with Crippen LogP contribution in [0.4, 0.5) is 0 Å². The van der Waals surface area contributed by atoms with Gasteiger partial charge in [0.1, 0.15) is 6.10 Å². The quantitative estimate of drug-likeness (QED) is 0.267. The van der Waals surface area contributed by atoms with Gasteiger partial charge in [0, 0.05) is 0 Å². The molecule has 1 N–H and O–H groups in total. The first-order valence-corrected chi connectivity index (χ1v) is 15.4. The lowest BCUT2D eigenvalue weighted by atomic mass is 9.71. The van der Waals surface area contributed by atoms with Crippen LogP contribution in [-0.4, -0.2) is 17.0 Å². The molecule has 0 aromatic carbocycles. The second-order valence-corrected chi connectivity index (χ2v) is 13.4. The largest absolute Gasteiger partial charge is 0.385 e. The van der Waals surface area contributed by atoms with Gasteiger partial charge in [-0.05, 0) is 94.8 Å². The van der Waals surface area contributed by atoms with E-state index in [4.69, 9.17) is 0 Å². The SMILES string of the molecule is CC1=C(/C=C/C(C)=C/C=C/C(C)=C/C=C/C=C(C)/C=C/C=C(C)/C=C/C2=C(C)C(=O)C(O)CC2(C)C)C(C)(C)CCC1. The van der Waals surface area contributed by atoms with Gasteiger partial charge in [-0.3, -0.25) is 4.79 Å². The van der Waals surface area contributed by atoms with Crippen molar-refractivity contribution in [2.75, 3.05) is 0 Å². The Balaban J connectivity index is 1.92. The van der Waals surface area contributed by atoms with Crippen molar-refractivity contribution in [1.82, 2.24) is 0 Å². The number of aliphatic hydroxyl groups is 1. The van der Waals surface area contributed by atoms with Gasteiger partial charge in [0.25, 0.3) is 0 Å². The van der Waals surface area contributed by atoms with Gasteiger partial charge in [-0.25, -0.2) is 0 Å². The second kappa shape index (κ2) is 15.8. The van der Waals surface area contributed by atoms with Crippen molar-refractivity contribution in [1.29, 1.82) is 0 Å². The third kappa shape index (κ3) is 10.9. The molecule has 0 heterocycles. The van der Waals surface area contributed by atoms with Crippen LogP contribution in [0.3, 0.4) is 0 Å². The third-order valence-electron chi connectivity index (χ3n) is 8.34. The number of hydrogen-bond donors (Lipinski definition) is 1. The van der Waals surface area contributed by atoms with Crippen LogP contribution in [0.2, 0.25) is 0 Å². The summed E-state index contributed by atoms with van der Waals surface area (Å²) in [5.41, 5.74) is 9.44. The summed E-state index contributed by atoms with van der Waals surface area (Å²) in [6.45, 7) is 21.4. The second-order valence-electron chi connectivity index (χ2n) is 13.4. The molecule has 2 aliphatic carbocycles. The number of rotatable bonds is 10. The lowest BCUT2D eigenvalue weighted by molar-refractivity contribution is -0.125. The van der Waals surface area contributed by atoms with E-state index in [1.165, 1.54) is 41.6 Å². The van der Waals surface area contributed by atoms with Crippen LogP contribution < -0.4 is 0 Å². The number of aliphatic hydroxyl groups excluding tert-OH is 1. The summed E-state index contributed by atoms with van der Waals surface area (Å²) in [5, 5.41) is 10.0. The molecule has 0 spiro atoms. The molecule has 0 fully saturated rings. The average molecular weight is 567 g/mol. The molecule has 42 heavy (non-hydrogen) atoms. The van der Waals surface area contributed by atoms with E-state index in [0.29, 0.717) is 12.0 Å². The van der Waals surface area contributed by atoms with Gasteiger partial charge in [0.2, 0.25) is 0 Å². The highest BCUT2D eigenvalue weighted by Gasteiger charge is 2.36. The van der Waals surface area contributed by atoms with Crippen LogP contribution in [0.25, 0.3) is 0 Å². The minimum absolute atomic E-state index is 0.160. The molecule has 1 atom stereocenters. The van der Waals surface area contributed by atoms with Crippen LogP contribution in [0.5, 0.6) is 0 Å². The van der Waals surface area contributed by atoms with E-state index >= 15 is 0 Å². The van der Waals surface area contributed by atoms with Gasteiger partial charge >= 0.3 is 0 Å². The number of Topliss-reactive ketones (excluding diaryl/α,β-unsaturated/α-hetero) is 1. The molecule has 2 rings (SSSR count). The van der Waals surface area contributed by atoms with Crippen LogP contribution in [0, 0.1) is 10.8 Å². The van der Waals surface area contributed by atoms with Crippen molar-refractivity contribution >= 4 is 5.78 Å². The highest BCUT2D eigenvalue weighted by molar-refractivity contribution is 6.00. The molecule has 0 aromatic heterocycles. The summed E-state index contributed by atoms with van der Waals surface area (Å²) in [6.07, 6.45) is 32.9. The van der Waals surface area contributed by atoms with E-state index in [0.717, 1.165) is 16.7 Å². The van der Waals surface area contributed by atoms with E-state index in [1.807, 2.05) is 32.1 Å². The van der Waals surface area contributed by atoms with Crippen LogP contribution >= 0.6 is 0 Å². The minimum Gasteiger partial charge on any atom is -0.385 e. The van der Waals surface area contributed by atoms with E-state index in [9.17, 15) is 9.90 Å². The van der Waals surface area contributed by atoms with Gasteiger partial charge in [0.05, 0.1) is 0 Å². The van der Waals surface area contributed by atoms with Crippen molar-refractivity contribution in [3.63, 3.8) is 0 Å². The van der Waals surface area contributed by atoms with Gasteiger partial charge in [-0.2, -0.15) is 0 Å². The summed E-state index contributed by atoms with van der Waals surface area (Å²) in [7, 11) is 0. The zero-order chi connectivity index (χ0) is 31.5. The molecule has 0 aliphatic heterocycles. The molecule has 0 aromatic rings. The van der Waals surface area contributed by atoms with Crippen LogP contribution in [-0.2, 0) is 4.79 Å². The smallest absolute Gasteiger partial charge is 0.187 e. The molecule has 2 aliphatic rings. The number of carbonyl (C=O) groups excluding carboxylic acids is 1. The fourth-order valence-electron chi connectivity index (χ4n) is 5.71. The Morgan fingerprint density at radius 3 is 1.64 bits per heavy atom. The first kappa shape index (κ1) is 35.0. The summed E-state index contributed by atoms with van der Waals surface area (Å²) in [4.78, 5) is 12.2. The van der Waals surface area contributed by atoms with Crippen LogP contribution in [0.15, 0.2) is 130 Å². The Labute approximate surface area is 256 Å². The van der Waals surface area contributed by atoms with Gasteiger partial charge in [-0.1, -0.05) is 141 Å². The molecule has 1 unspecified atom stereocenters. The van der Waals surface area contributed by atoms with Crippen molar-refractivity contribution < 1.29 is 9.90 Å². The predicted molar refractivity (Wildman–Crippen MR) is 183 cm³/mol. The van der Waals surface area contributed by atoms with Crippen molar-refractivity contribution in [2.45, 2.75) is 101 Å². The highest BCUT2D eigenvalue weighted by Crippen LogP contribution is 2.41. The zero-order valence-electron chi connectivity index (χ0n) is 27.8. The van der Waals surface area contributed by atoms with E-state index in [2.05, 4.69) is 122 Å². The Hall–Kier alpha value is -3.23. The molecule has 0 saturated carbocycles. The zero-order valence-corrected chi connectivity index (χ0v) is 27.8. The van der Waals surface area contributed by atoms with E-state index in [-0.39, 0.29) is 16.6 Å². The van der Waals surface area contributed by atoms with Crippen molar-refractivity contribution in [3.8, 4) is 0 Å². The summed E-state index contributed by atoms with van der Waals surface area (Å²) in [5.74, 6) is -0.160. The summed E-state index contributed by atoms with van der Waals surface area (Å²) in [6, 6.07) is 0. The fraction of sp³-hybridized carbons (Fsp3) is 0.425. The normalized spacial score (nSPS) is 23.3. The van der Waals surface area contributed by atoms with Crippen LogP contribution in [0.1, 0.15) is 94.9 Å². The van der Waals surface area contributed by atoms with Gasteiger partial charge in [-0.15, -0.1) is 0 Å². The van der Waals surface area contributed by atoms with E-state index < -0.39 is 6.10 Å².